The van der Waals surface area contributed by atoms with E-state index in [1.165, 1.54) is 6.07 Å². The summed E-state index contributed by atoms with van der Waals surface area (Å²) in [6, 6.07) is 9.99. The maximum atomic E-state index is 12.3. The van der Waals surface area contributed by atoms with Gasteiger partial charge in [-0.15, -0.1) is 0 Å². The lowest BCUT2D eigenvalue weighted by Gasteiger charge is -2.12. The van der Waals surface area contributed by atoms with Crippen LogP contribution in [0.5, 0.6) is 0 Å². The Morgan fingerprint density at radius 1 is 0.960 bits per heavy atom. The molecule has 0 radical (unpaired) electrons. The van der Waals surface area contributed by atoms with Crippen LogP contribution in [0.1, 0.15) is 34.6 Å². The fourth-order valence-corrected chi connectivity index (χ4v) is 2.37. The SMILES string of the molecule is CC(C)NC(=O)NCCNC(=O)c1cc2ccccc2cc1C(=O)O. The lowest BCUT2D eigenvalue weighted by atomic mass is 10.0. The number of fused-ring (bicyclic) bond motifs is 1. The molecule has 0 spiro atoms. The summed E-state index contributed by atoms with van der Waals surface area (Å²) in [5.74, 6) is -1.65. The van der Waals surface area contributed by atoms with Gasteiger partial charge in [0.15, 0.2) is 0 Å². The van der Waals surface area contributed by atoms with E-state index in [1.807, 2.05) is 32.0 Å². The zero-order valence-corrected chi connectivity index (χ0v) is 14.1. The normalized spacial score (nSPS) is 10.5. The zero-order valence-electron chi connectivity index (χ0n) is 14.1. The predicted octanol–water partition coefficient (Wildman–Crippen LogP) is 1.98. The fourth-order valence-electron chi connectivity index (χ4n) is 2.37. The van der Waals surface area contributed by atoms with Crippen molar-refractivity contribution in [2.45, 2.75) is 19.9 Å². The Balaban J connectivity index is 2.04. The van der Waals surface area contributed by atoms with E-state index in [2.05, 4.69) is 16.0 Å². The molecule has 0 aliphatic heterocycles. The number of urea groups is 1. The molecule has 0 saturated heterocycles. The van der Waals surface area contributed by atoms with Crippen molar-refractivity contribution in [2.75, 3.05) is 13.1 Å². The summed E-state index contributed by atoms with van der Waals surface area (Å²) in [5.41, 5.74) is 0.0412. The summed E-state index contributed by atoms with van der Waals surface area (Å²) in [4.78, 5) is 35.2. The summed E-state index contributed by atoms with van der Waals surface area (Å²) in [6.45, 7) is 4.11. The van der Waals surface area contributed by atoms with Crippen LogP contribution in [-0.4, -0.2) is 42.1 Å². The molecular weight excluding hydrogens is 322 g/mol. The molecule has 25 heavy (non-hydrogen) atoms. The van der Waals surface area contributed by atoms with Gasteiger partial charge >= 0.3 is 12.0 Å². The van der Waals surface area contributed by atoms with Crippen molar-refractivity contribution < 1.29 is 19.5 Å². The summed E-state index contributed by atoms with van der Waals surface area (Å²) >= 11 is 0. The second-order valence-corrected chi connectivity index (χ2v) is 5.86. The average Bonchev–Trinajstić information content (AvgIpc) is 2.56. The Hall–Kier alpha value is -3.09. The Labute approximate surface area is 145 Å². The highest BCUT2D eigenvalue weighted by molar-refractivity contribution is 6.08. The molecule has 0 atom stereocenters. The molecule has 0 saturated carbocycles. The van der Waals surface area contributed by atoms with E-state index in [9.17, 15) is 19.5 Å². The minimum atomic E-state index is -1.16. The van der Waals surface area contributed by atoms with E-state index in [1.54, 1.807) is 12.1 Å². The monoisotopic (exact) mass is 343 g/mol. The van der Waals surface area contributed by atoms with Gasteiger partial charge in [0.05, 0.1) is 11.1 Å². The molecule has 0 fully saturated rings. The summed E-state index contributed by atoms with van der Waals surface area (Å²) in [5, 5.41) is 18.8. The first-order chi connectivity index (χ1) is 11.9. The van der Waals surface area contributed by atoms with E-state index in [4.69, 9.17) is 0 Å². The Kier molecular flexibility index (Phi) is 5.94. The van der Waals surface area contributed by atoms with E-state index in [0.717, 1.165) is 10.8 Å². The van der Waals surface area contributed by atoms with Gasteiger partial charge in [-0.1, -0.05) is 24.3 Å². The number of carboxylic acids is 1. The Morgan fingerprint density at radius 2 is 1.52 bits per heavy atom. The van der Waals surface area contributed by atoms with Gasteiger partial charge in [0.1, 0.15) is 0 Å². The zero-order chi connectivity index (χ0) is 18.4. The number of hydrogen-bond donors (Lipinski definition) is 4. The molecule has 2 rings (SSSR count). The molecule has 3 amide bonds. The average molecular weight is 343 g/mol. The highest BCUT2D eigenvalue weighted by atomic mass is 16.4. The molecule has 0 aliphatic carbocycles. The third kappa shape index (κ3) is 4.94. The van der Waals surface area contributed by atoms with Gasteiger partial charge in [0, 0.05) is 19.1 Å². The molecule has 2 aromatic rings. The van der Waals surface area contributed by atoms with Gasteiger partial charge in [0.25, 0.3) is 5.91 Å². The number of carbonyl (C=O) groups excluding carboxylic acids is 2. The van der Waals surface area contributed by atoms with Crippen LogP contribution in [-0.2, 0) is 0 Å². The van der Waals surface area contributed by atoms with Crippen molar-refractivity contribution >= 4 is 28.7 Å². The van der Waals surface area contributed by atoms with Crippen molar-refractivity contribution in [2.24, 2.45) is 0 Å². The number of amides is 3. The van der Waals surface area contributed by atoms with Crippen LogP contribution in [0, 0.1) is 0 Å². The molecule has 0 heterocycles. The topological polar surface area (TPSA) is 108 Å². The van der Waals surface area contributed by atoms with Crippen LogP contribution in [0.2, 0.25) is 0 Å². The van der Waals surface area contributed by atoms with E-state index in [0.29, 0.717) is 0 Å². The lowest BCUT2D eigenvalue weighted by molar-refractivity contribution is 0.0691. The predicted molar refractivity (Wildman–Crippen MR) is 94.9 cm³/mol. The first-order valence-electron chi connectivity index (χ1n) is 7.97. The quantitative estimate of drug-likeness (QED) is 0.602. The van der Waals surface area contributed by atoms with Crippen molar-refractivity contribution in [1.82, 2.24) is 16.0 Å². The van der Waals surface area contributed by atoms with Crippen molar-refractivity contribution in [3.63, 3.8) is 0 Å². The van der Waals surface area contributed by atoms with Gasteiger partial charge in [-0.2, -0.15) is 0 Å². The number of carboxylic acid groups (broad SMARTS) is 1. The number of benzene rings is 2. The standard InChI is InChI=1S/C18H21N3O4/c1-11(2)21-18(25)20-8-7-19-16(22)14-9-12-5-3-4-6-13(12)10-15(14)17(23)24/h3-6,9-11H,7-8H2,1-2H3,(H,19,22)(H,23,24)(H2,20,21,25). The van der Waals surface area contributed by atoms with E-state index >= 15 is 0 Å². The molecular formula is C18H21N3O4. The lowest BCUT2D eigenvalue weighted by Crippen LogP contribution is -2.42. The highest BCUT2D eigenvalue weighted by Gasteiger charge is 2.17. The van der Waals surface area contributed by atoms with Crippen molar-refractivity contribution in [1.29, 1.82) is 0 Å². The summed E-state index contributed by atoms with van der Waals surface area (Å²) in [6.07, 6.45) is 0. The molecule has 2 aromatic carbocycles. The molecule has 0 aromatic heterocycles. The molecule has 0 aliphatic rings. The van der Waals surface area contributed by atoms with Gasteiger partial charge < -0.3 is 21.1 Å². The van der Waals surface area contributed by atoms with Crippen molar-refractivity contribution in [3.8, 4) is 0 Å². The van der Waals surface area contributed by atoms with Crippen LogP contribution in [0.15, 0.2) is 36.4 Å². The number of rotatable bonds is 6. The van der Waals surface area contributed by atoms with Crippen LogP contribution in [0.4, 0.5) is 4.79 Å². The first kappa shape index (κ1) is 18.3. The molecule has 4 N–H and O–H groups in total. The fraction of sp³-hybridized carbons (Fsp3) is 0.278. The van der Waals surface area contributed by atoms with Gasteiger partial charge in [-0.05, 0) is 36.8 Å². The first-order valence-corrected chi connectivity index (χ1v) is 7.97. The van der Waals surface area contributed by atoms with Crippen LogP contribution in [0.3, 0.4) is 0 Å². The molecule has 0 bridgehead atoms. The minimum Gasteiger partial charge on any atom is -0.478 e. The smallest absolute Gasteiger partial charge is 0.336 e. The Bertz CT molecular complexity index is 802. The van der Waals surface area contributed by atoms with Crippen LogP contribution >= 0.6 is 0 Å². The molecule has 7 heteroatoms. The number of nitrogens with one attached hydrogen (secondary N) is 3. The largest absolute Gasteiger partial charge is 0.478 e. The third-order valence-electron chi connectivity index (χ3n) is 3.48. The van der Waals surface area contributed by atoms with E-state index < -0.39 is 11.9 Å². The minimum absolute atomic E-state index is 0.0188. The summed E-state index contributed by atoms with van der Waals surface area (Å²) < 4.78 is 0. The highest BCUT2D eigenvalue weighted by Crippen LogP contribution is 2.20. The maximum Gasteiger partial charge on any atom is 0.336 e. The number of aromatic carboxylic acids is 1. The Morgan fingerprint density at radius 3 is 2.08 bits per heavy atom. The number of hydrogen-bond acceptors (Lipinski definition) is 3. The van der Waals surface area contributed by atoms with Gasteiger partial charge in [-0.3, -0.25) is 4.79 Å². The third-order valence-corrected chi connectivity index (χ3v) is 3.48. The van der Waals surface area contributed by atoms with Gasteiger partial charge in [0.2, 0.25) is 0 Å². The number of carbonyl (C=O) groups is 3. The van der Waals surface area contributed by atoms with E-state index in [-0.39, 0.29) is 36.3 Å². The molecule has 0 unspecified atom stereocenters. The van der Waals surface area contributed by atoms with Crippen LogP contribution in [0.25, 0.3) is 10.8 Å². The van der Waals surface area contributed by atoms with Crippen LogP contribution < -0.4 is 16.0 Å². The maximum absolute atomic E-state index is 12.3. The van der Waals surface area contributed by atoms with Crippen molar-refractivity contribution in [3.05, 3.63) is 47.5 Å². The second-order valence-electron chi connectivity index (χ2n) is 5.86. The summed E-state index contributed by atoms with van der Waals surface area (Å²) in [7, 11) is 0. The second kappa shape index (κ2) is 8.14. The van der Waals surface area contributed by atoms with Gasteiger partial charge in [-0.25, -0.2) is 9.59 Å². The molecule has 132 valence electrons. The molecule has 7 nitrogen and oxygen atoms in total.